The standard InChI is InChI=1S/C14H21N3O6.C11H20N2O4/c1-9(18)15-8-4-3-5-11(16-10(2)19)14(22)23-17-12(20)6-7-13(17)21;1-8(14)12-7-5-4-6-10(11(16)17-3)13-9(2)15/h11H,3-8H2,1-2H3,(H,15,18)(H,16,19);10H,4-7H2,1-3H3,(H,12,14)(H,13,15). The Hall–Kier alpha value is -4.04. The Morgan fingerprint density at radius 3 is 1.43 bits per heavy atom. The van der Waals surface area contributed by atoms with Crippen molar-refractivity contribution in [3.63, 3.8) is 0 Å². The second-order valence-corrected chi connectivity index (χ2v) is 8.98. The molecule has 226 valence electrons. The van der Waals surface area contributed by atoms with Crippen LogP contribution in [-0.4, -0.2) is 84.7 Å². The molecular weight excluding hydrogens is 530 g/mol. The average molecular weight is 572 g/mol. The molecule has 1 fully saturated rings. The number of amides is 6. The molecule has 1 heterocycles. The van der Waals surface area contributed by atoms with Crippen LogP contribution in [0.15, 0.2) is 0 Å². The van der Waals surface area contributed by atoms with Crippen LogP contribution in [0.3, 0.4) is 0 Å². The van der Waals surface area contributed by atoms with Crippen LogP contribution < -0.4 is 21.3 Å². The zero-order valence-electron chi connectivity index (χ0n) is 23.8. The van der Waals surface area contributed by atoms with Crippen LogP contribution >= 0.6 is 0 Å². The molecule has 1 aliphatic rings. The normalized spacial score (nSPS) is 13.7. The number of methoxy groups -OCH3 is 1. The Kier molecular flexibility index (Phi) is 17.9. The molecule has 1 rings (SSSR count). The van der Waals surface area contributed by atoms with Crippen molar-refractivity contribution in [3.8, 4) is 0 Å². The van der Waals surface area contributed by atoms with Crippen molar-refractivity contribution in [2.45, 2.75) is 91.1 Å². The molecule has 2 atom stereocenters. The maximum atomic E-state index is 12.0. The molecule has 15 nitrogen and oxygen atoms in total. The molecule has 0 saturated carbocycles. The molecule has 0 aromatic heterocycles. The van der Waals surface area contributed by atoms with Gasteiger partial charge in [-0.1, -0.05) is 0 Å². The van der Waals surface area contributed by atoms with Gasteiger partial charge in [-0.2, -0.15) is 0 Å². The SMILES string of the molecule is CC(=O)NCCCCC(NC(C)=O)C(=O)ON1C(=O)CCC1=O.COC(=O)C(CCCCNC(C)=O)NC(C)=O. The summed E-state index contributed by atoms with van der Waals surface area (Å²) in [6, 6.07) is -1.55. The lowest BCUT2D eigenvalue weighted by Crippen LogP contribution is -2.44. The van der Waals surface area contributed by atoms with Gasteiger partial charge in [-0.25, -0.2) is 9.59 Å². The number of carbonyl (C=O) groups excluding carboxylic acids is 8. The van der Waals surface area contributed by atoms with Crippen molar-refractivity contribution < 1.29 is 47.9 Å². The Balaban J connectivity index is 0.000000799. The van der Waals surface area contributed by atoms with Crippen LogP contribution in [0.1, 0.15) is 79.1 Å². The number of unbranched alkanes of at least 4 members (excludes halogenated alkanes) is 2. The third kappa shape index (κ3) is 16.7. The van der Waals surface area contributed by atoms with Gasteiger partial charge in [0.1, 0.15) is 12.1 Å². The fourth-order valence-electron chi connectivity index (χ4n) is 3.42. The highest BCUT2D eigenvalue weighted by molar-refractivity contribution is 6.01. The molecule has 40 heavy (non-hydrogen) atoms. The third-order valence-corrected chi connectivity index (χ3v) is 5.30. The second-order valence-electron chi connectivity index (χ2n) is 8.98. The lowest BCUT2D eigenvalue weighted by atomic mass is 10.1. The van der Waals surface area contributed by atoms with E-state index in [-0.39, 0.29) is 37.0 Å². The lowest BCUT2D eigenvalue weighted by molar-refractivity contribution is -0.199. The molecule has 15 heteroatoms. The summed E-state index contributed by atoms with van der Waals surface area (Å²) in [5.41, 5.74) is 0. The van der Waals surface area contributed by atoms with Gasteiger partial charge >= 0.3 is 11.9 Å². The predicted octanol–water partition coefficient (Wildman–Crippen LogP) is -0.625. The first kappa shape index (κ1) is 36.0. The third-order valence-electron chi connectivity index (χ3n) is 5.30. The van der Waals surface area contributed by atoms with E-state index in [1.54, 1.807) is 0 Å². The van der Waals surface area contributed by atoms with Gasteiger partial charge in [-0.15, -0.1) is 5.06 Å². The fourth-order valence-corrected chi connectivity index (χ4v) is 3.42. The molecule has 1 saturated heterocycles. The number of hydrogen-bond acceptors (Lipinski definition) is 10. The van der Waals surface area contributed by atoms with Crippen LogP contribution in [0.2, 0.25) is 0 Å². The van der Waals surface area contributed by atoms with E-state index in [4.69, 9.17) is 4.84 Å². The van der Waals surface area contributed by atoms with E-state index in [0.717, 1.165) is 12.8 Å². The number of ether oxygens (including phenoxy) is 1. The number of rotatable bonds is 15. The summed E-state index contributed by atoms with van der Waals surface area (Å²) in [6.45, 7) is 6.50. The molecule has 0 aromatic rings. The summed E-state index contributed by atoms with van der Waals surface area (Å²) < 4.78 is 4.59. The molecule has 0 radical (unpaired) electrons. The molecular formula is C25H41N5O10. The molecule has 1 aliphatic heterocycles. The van der Waals surface area contributed by atoms with E-state index < -0.39 is 41.7 Å². The van der Waals surface area contributed by atoms with Gasteiger partial charge in [0.05, 0.1) is 7.11 Å². The van der Waals surface area contributed by atoms with E-state index in [0.29, 0.717) is 37.4 Å². The number of nitrogens with zero attached hydrogens (tertiary/aromatic N) is 1. The summed E-state index contributed by atoms with van der Waals surface area (Å²) in [5, 5.41) is 10.7. The summed E-state index contributed by atoms with van der Waals surface area (Å²) in [6.07, 6.45) is 3.43. The van der Waals surface area contributed by atoms with Crippen LogP contribution in [0, 0.1) is 0 Å². The number of carbonyl (C=O) groups is 8. The number of imide groups is 1. The van der Waals surface area contributed by atoms with E-state index >= 15 is 0 Å². The van der Waals surface area contributed by atoms with Crippen molar-refractivity contribution in [1.82, 2.24) is 26.3 Å². The van der Waals surface area contributed by atoms with Gasteiger partial charge in [0.2, 0.25) is 23.6 Å². The quantitative estimate of drug-likeness (QED) is 0.111. The van der Waals surface area contributed by atoms with Gasteiger partial charge in [-0.05, 0) is 38.5 Å². The maximum absolute atomic E-state index is 12.0. The Morgan fingerprint density at radius 2 is 1.07 bits per heavy atom. The molecule has 6 amide bonds. The Labute approximate surface area is 233 Å². The highest BCUT2D eigenvalue weighted by atomic mass is 16.7. The van der Waals surface area contributed by atoms with Gasteiger partial charge in [0.25, 0.3) is 11.8 Å². The topological polar surface area (TPSA) is 206 Å². The summed E-state index contributed by atoms with van der Waals surface area (Å²) in [5.74, 6) is -3.35. The number of esters is 1. The average Bonchev–Trinajstić information content (AvgIpc) is 3.18. The van der Waals surface area contributed by atoms with E-state index in [1.165, 1.54) is 34.8 Å². The first-order chi connectivity index (χ1) is 18.8. The number of hydroxylamine groups is 2. The zero-order chi connectivity index (χ0) is 30.7. The van der Waals surface area contributed by atoms with Gasteiger partial charge < -0.3 is 30.8 Å². The van der Waals surface area contributed by atoms with Crippen LogP contribution in [0.5, 0.6) is 0 Å². The Bertz CT molecular complexity index is 908. The van der Waals surface area contributed by atoms with Gasteiger partial charge in [-0.3, -0.25) is 28.8 Å². The van der Waals surface area contributed by atoms with Crippen LogP contribution in [0.4, 0.5) is 0 Å². The van der Waals surface area contributed by atoms with E-state index in [9.17, 15) is 38.4 Å². The predicted molar refractivity (Wildman–Crippen MR) is 139 cm³/mol. The largest absolute Gasteiger partial charge is 0.467 e. The first-order valence-corrected chi connectivity index (χ1v) is 13.0. The van der Waals surface area contributed by atoms with Crippen molar-refractivity contribution in [1.29, 1.82) is 0 Å². The number of hydrogen-bond donors (Lipinski definition) is 4. The molecule has 2 unspecified atom stereocenters. The monoisotopic (exact) mass is 571 g/mol. The summed E-state index contributed by atoms with van der Waals surface area (Å²) in [7, 11) is 1.29. The highest BCUT2D eigenvalue weighted by Gasteiger charge is 2.35. The van der Waals surface area contributed by atoms with Crippen molar-refractivity contribution >= 4 is 47.4 Å². The van der Waals surface area contributed by atoms with Crippen LogP contribution in [-0.2, 0) is 47.9 Å². The zero-order valence-corrected chi connectivity index (χ0v) is 23.8. The van der Waals surface area contributed by atoms with E-state index in [1.807, 2.05) is 0 Å². The Morgan fingerprint density at radius 1 is 0.675 bits per heavy atom. The van der Waals surface area contributed by atoms with Crippen molar-refractivity contribution in [2.24, 2.45) is 0 Å². The van der Waals surface area contributed by atoms with Crippen molar-refractivity contribution in [3.05, 3.63) is 0 Å². The molecule has 0 aliphatic carbocycles. The minimum Gasteiger partial charge on any atom is -0.467 e. The summed E-state index contributed by atoms with van der Waals surface area (Å²) >= 11 is 0. The first-order valence-electron chi connectivity index (χ1n) is 13.0. The molecule has 0 bridgehead atoms. The second kappa shape index (κ2) is 19.9. The molecule has 0 aromatic carbocycles. The highest BCUT2D eigenvalue weighted by Crippen LogP contribution is 2.14. The molecule has 0 spiro atoms. The fraction of sp³-hybridized carbons (Fsp3) is 0.680. The smallest absolute Gasteiger partial charge is 0.355 e. The van der Waals surface area contributed by atoms with Crippen molar-refractivity contribution in [2.75, 3.05) is 20.2 Å². The maximum Gasteiger partial charge on any atom is 0.355 e. The number of nitrogens with one attached hydrogen (secondary N) is 4. The molecule has 4 N–H and O–H groups in total. The lowest BCUT2D eigenvalue weighted by Gasteiger charge is -2.19. The minimum atomic E-state index is -0.953. The van der Waals surface area contributed by atoms with Gasteiger partial charge in [0, 0.05) is 53.6 Å². The minimum absolute atomic E-state index is 0.00757. The van der Waals surface area contributed by atoms with Crippen LogP contribution in [0.25, 0.3) is 0 Å². The summed E-state index contributed by atoms with van der Waals surface area (Å²) in [4.78, 5) is 94.4. The van der Waals surface area contributed by atoms with Gasteiger partial charge in [0.15, 0.2) is 0 Å². The van der Waals surface area contributed by atoms with E-state index in [2.05, 4.69) is 26.0 Å².